The number of aromatic nitrogens is 2. The Bertz CT molecular complexity index is 621. The van der Waals surface area contributed by atoms with Gasteiger partial charge in [0.2, 0.25) is 5.89 Å². The topological polar surface area (TPSA) is 64.9 Å². The molecule has 3 rings (SSSR count). The Morgan fingerprint density at radius 1 is 1.25 bits per heavy atom. The Hall–Kier alpha value is -1.82. The zero-order valence-corrected chi connectivity index (χ0v) is 10.9. The van der Waals surface area contributed by atoms with Gasteiger partial charge in [-0.25, -0.2) is 8.78 Å². The first-order valence-corrected chi connectivity index (χ1v) is 6.63. The highest BCUT2D eigenvalue weighted by molar-refractivity contribution is 5.22. The quantitative estimate of drug-likeness (QED) is 0.938. The minimum Gasteiger partial charge on any atom is -0.337 e. The molecule has 1 aliphatic rings. The summed E-state index contributed by atoms with van der Waals surface area (Å²) >= 11 is 0. The Balaban J connectivity index is 1.80. The van der Waals surface area contributed by atoms with Gasteiger partial charge in [-0.15, -0.1) is 0 Å². The van der Waals surface area contributed by atoms with E-state index in [1.165, 1.54) is 12.1 Å². The number of halogens is 2. The van der Waals surface area contributed by atoms with Gasteiger partial charge in [-0.05, 0) is 24.5 Å². The van der Waals surface area contributed by atoms with Gasteiger partial charge in [0.15, 0.2) is 5.82 Å². The third-order valence-electron chi connectivity index (χ3n) is 3.75. The lowest BCUT2D eigenvalue weighted by molar-refractivity contribution is 0.284. The molecular weight excluding hydrogens is 264 g/mol. The second kappa shape index (κ2) is 4.94. The van der Waals surface area contributed by atoms with Gasteiger partial charge in [-0.1, -0.05) is 24.1 Å². The molecule has 4 nitrogen and oxygen atoms in total. The number of hydrogen-bond acceptors (Lipinski definition) is 4. The van der Waals surface area contributed by atoms with Crippen LogP contribution in [-0.2, 0) is 12.0 Å². The molecule has 0 atom stereocenters. The monoisotopic (exact) mass is 279 g/mol. The van der Waals surface area contributed by atoms with E-state index in [2.05, 4.69) is 10.1 Å². The summed E-state index contributed by atoms with van der Waals surface area (Å²) in [5.74, 6) is -0.443. The zero-order valence-electron chi connectivity index (χ0n) is 10.9. The van der Waals surface area contributed by atoms with E-state index < -0.39 is 17.2 Å². The van der Waals surface area contributed by atoms with Gasteiger partial charge in [-0.2, -0.15) is 4.98 Å². The van der Waals surface area contributed by atoms with Crippen molar-refractivity contribution in [2.75, 3.05) is 0 Å². The van der Waals surface area contributed by atoms with Crippen LogP contribution in [0.25, 0.3) is 0 Å². The summed E-state index contributed by atoms with van der Waals surface area (Å²) in [4.78, 5) is 4.26. The van der Waals surface area contributed by atoms with Gasteiger partial charge < -0.3 is 10.3 Å². The summed E-state index contributed by atoms with van der Waals surface area (Å²) < 4.78 is 31.6. The van der Waals surface area contributed by atoms with E-state index in [0.29, 0.717) is 17.3 Å². The first-order valence-electron chi connectivity index (χ1n) is 6.63. The molecule has 0 aliphatic heterocycles. The van der Waals surface area contributed by atoms with E-state index in [4.69, 9.17) is 10.3 Å². The molecule has 0 amide bonds. The number of nitrogens with zero attached hydrogens (tertiary/aromatic N) is 2. The van der Waals surface area contributed by atoms with Crippen LogP contribution in [0.15, 0.2) is 22.7 Å². The fourth-order valence-electron chi connectivity index (χ4n) is 2.58. The SMILES string of the molecule is NC1(c2nc(Cc3ccc(F)cc3F)no2)CCCC1. The molecule has 0 saturated heterocycles. The van der Waals surface area contributed by atoms with E-state index in [1.54, 1.807) is 0 Å². The van der Waals surface area contributed by atoms with Crippen molar-refractivity contribution in [2.45, 2.75) is 37.6 Å². The van der Waals surface area contributed by atoms with E-state index in [-0.39, 0.29) is 6.42 Å². The summed E-state index contributed by atoms with van der Waals surface area (Å²) in [7, 11) is 0. The van der Waals surface area contributed by atoms with Gasteiger partial charge in [0.1, 0.15) is 11.6 Å². The van der Waals surface area contributed by atoms with Gasteiger partial charge in [0.05, 0.1) is 5.54 Å². The second-order valence-electron chi connectivity index (χ2n) is 5.29. The molecule has 0 radical (unpaired) electrons. The average molecular weight is 279 g/mol. The van der Waals surface area contributed by atoms with Crippen LogP contribution in [0.1, 0.15) is 43.0 Å². The first-order chi connectivity index (χ1) is 9.57. The van der Waals surface area contributed by atoms with E-state index in [0.717, 1.165) is 31.7 Å². The van der Waals surface area contributed by atoms with Crippen molar-refractivity contribution in [3.63, 3.8) is 0 Å². The van der Waals surface area contributed by atoms with Gasteiger partial charge in [-0.3, -0.25) is 0 Å². The molecule has 1 saturated carbocycles. The van der Waals surface area contributed by atoms with Crippen LogP contribution < -0.4 is 5.73 Å². The molecule has 1 aromatic carbocycles. The third-order valence-corrected chi connectivity index (χ3v) is 3.75. The van der Waals surface area contributed by atoms with Crippen LogP contribution in [0.5, 0.6) is 0 Å². The minimum atomic E-state index is -0.611. The lowest BCUT2D eigenvalue weighted by Gasteiger charge is -2.17. The largest absolute Gasteiger partial charge is 0.337 e. The standard InChI is InChI=1S/C14H15F2N3O/c15-10-4-3-9(11(16)8-10)7-12-18-13(20-19-12)14(17)5-1-2-6-14/h3-4,8H,1-2,5-7,17H2. The Labute approximate surface area is 115 Å². The molecule has 0 unspecified atom stereocenters. The smallest absolute Gasteiger partial charge is 0.246 e. The first kappa shape index (κ1) is 13.2. The summed E-state index contributed by atoms with van der Waals surface area (Å²) in [6.45, 7) is 0. The second-order valence-corrected chi connectivity index (χ2v) is 5.29. The molecule has 1 aromatic heterocycles. The van der Waals surface area contributed by atoms with Gasteiger partial charge in [0, 0.05) is 12.5 Å². The predicted octanol–water partition coefficient (Wildman–Crippen LogP) is 2.67. The van der Waals surface area contributed by atoms with Crippen LogP contribution in [0.2, 0.25) is 0 Å². The summed E-state index contributed by atoms with van der Waals surface area (Å²) in [6, 6.07) is 3.44. The van der Waals surface area contributed by atoms with Crippen molar-refractivity contribution in [3.05, 3.63) is 47.1 Å². The van der Waals surface area contributed by atoms with Crippen molar-refractivity contribution in [2.24, 2.45) is 5.73 Å². The van der Waals surface area contributed by atoms with Crippen molar-refractivity contribution < 1.29 is 13.3 Å². The summed E-state index contributed by atoms with van der Waals surface area (Å²) in [5.41, 5.74) is 6.00. The Morgan fingerprint density at radius 2 is 2.00 bits per heavy atom. The Kier molecular flexibility index (Phi) is 3.25. The molecule has 2 aromatic rings. The fraction of sp³-hybridized carbons (Fsp3) is 0.429. The van der Waals surface area contributed by atoms with Gasteiger partial charge in [0.25, 0.3) is 0 Å². The van der Waals surface area contributed by atoms with Crippen LogP contribution in [0.4, 0.5) is 8.78 Å². The molecule has 0 bridgehead atoms. The normalized spacial score (nSPS) is 17.6. The lowest BCUT2D eigenvalue weighted by Crippen LogP contribution is -2.33. The maximum absolute atomic E-state index is 13.6. The summed E-state index contributed by atoms with van der Waals surface area (Å²) in [5, 5.41) is 3.84. The van der Waals surface area contributed by atoms with E-state index >= 15 is 0 Å². The molecule has 1 fully saturated rings. The van der Waals surface area contributed by atoms with Crippen molar-refractivity contribution in [1.82, 2.24) is 10.1 Å². The fourth-order valence-corrected chi connectivity index (χ4v) is 2.58. The molecular formula is C14H15F2N3O. The highest BCUT2D eigenvalue weighted by Gasteiger charge is 2.36. The molecule has 106 valence electrons. The molecule has 2 N–H and O–H groups in total. The van der Waals surface area contributed by atoms with E-state index in [9.17, 15) is 8.78 Å². The molecule has 6 heteroatoms. The van der Waals surface area contributed by atoms with Gasteiger partial charge >= 0.3 is 0 Å². The molecule has 0 spiro atoms. The van der Waals surface area contributed by atoms with E-state index in [1.807, 2.05) is 0 Å². The average Bonchev–Trinajstić information content (AvgIpc) is 3.03. The highest BCUT2D eigenvalue weighted by atomic mass is 19.1. The van der Waals surface area contributed by atoms with Crippen molar-refractivity contribution >= 4 is 0 Å². The lowest BCUT2D eigenvalue weighted by atomic mass is 9.99. The van der Waals surface area contributed by atoms with Crippen LogP contribution in [-0.4, -0.2) is 10.1 Å². The van der Waals surface area contributed by atoms with Crippen molar-refractivity contribution in [1.29, 1.82) is 0 Å². The predicted molar refractivity (Wildman–Crippen MR) is 67.8 cm³/mol. The summed E-state index contributed by atoms with van der Waals surface area (Å²) in [6.07, 6.45) is 3.88. The maximum atomic E-state index is 13.6. The Morgan fingerprint density at radius 3 is 2.70 bits per heavy atom. The van der Waals surface area contributed by atoms with Crippen LogP contribution in [0, 0.1) is 11.6 Å². The van der Waals surface area contributed by atoms with Crippen LogP contribution >= 0.6 is 0 Å². The zero-order chi connectivity index (χ0) is 14.2. The number of rotatable bonds is 3. The maximum Gasteiger partial charge on any atom is 0.246 e. The van der Waals surface area contributed by atoms with Crippen LogP contribution in [0.3, 0.4) is 0 Å². The number of benzene rings is 1. The highest BCUT2D eigenvalue weighted by Crippen LogP contribution is 2.35. The molecule has 1 heterocycles. The number of hydrogen-bond donors (Lipinski definition) is 1. The van der Waals surface area contributed by atoms with Crippen molar-refractivity contribution in [3.8, 4) is 0 Å². The molecule has 20 heavy (non-hydrogen) atoms. The number of nitrogens with two attached hydrogens (primary N) is 1. The third kappa shape index (κ3) is 2.43. The minimum absolute atomic E-state index is 0.158. The molecule has 1 aliphatic carbocycles.